The lowest BCUT2D eigenvalue weighted by molar-refractivity contribution is -0.137. The fourth-order valence-electron chi connectivity index (χ4n) is 1.31. The van der Waals surface area contributed by atoms with Crippen molar-refractivity contribution >= 4 is 17.7 Å². The molecule has 0 bridgehead atoms. The maximum absolute atomic E-state index is 11.0. The molecule has 2 heterocycles. The van der Waals surface area contributed by atoms with Crippen LogP contribution in [0.25, 0.3) is 0 Å². The molecule has 5 heteroatoms. The number of methoxy groups -OCH3 is 1. The average molecular weight is 201 g/mol. The predicted octanol–water partition coefficient (Wildman–Crippen LogP) is 0.753. The van der Waals surface area contributed by atoms with E-state index in [9.17, 15) is 4.79 Å². The molecule has 0 aromatic carbocycles. The van der Waals surface area contributed by atoms with Crippen molar-refractivity contribution in [3.8, 4) is 0 Å². The number of rotatable bonds is 4. The molecule has 2 rings (SSSR count). The maximum atomic E-state index is 11.0. The van der Waals surface area contributed by atoms with Gasteiger partial charge in [0.15, 0.2) is 0 Å². The van der Waals surface area contributed by atoms with Crippen molar-refractivity contribution in [2.75, 3.05) is 20.5 Å². The topological polar surface area (TPSA) is 38.8 Å². The van der Waals surface area contributed by atoms with Gasteiger partial charge < -0.3 is 14.4 Å². The van der Waals surface area contributed by atoms with Crippen LogP contribution >= 0.6 is 11.8 Å². The number of thioether (sulfide) groups is 1. The van der Waals surface area contributed by atoms with Gasteiger partial charge >= 0.3 is 0 Å². The highest BCUT2D eigenvalue weighted by molar-refractivity contribution is 8.04. The van der Waals surface area contributed by atoms with Crippen LogP contribution in [-0.2, 0) is 14.3 Å². The van der Waals surface area contributed by atoms with Crippen LogP contribution in [0.1, 0.15) is 6.42 Å². The quantitative estimate of drug-likeness (QED) is 0.382. The number of amides is 1. The number of fused-ring (bicyclic) bond motifs is 1. The van der Waals surface area contributed by atoms with Crippen molar-refractivity contribution < 1.29 is 14.3 Å². The van der Waals surface area contributed by atoms with Gasteiger partial charge in [0, 0.05) is 18.2 Å². The Balaban J connectivity index is 1.79. The van der Waals surface area contributed by atoms with Gasteiger partial charge in [0.25, 0.3) is 0 Å². The van der Waals surface area contributed by atoms with E-state index in [1.165, 1.54) is 0 Å². The van der Waals surface area contributed by atoms with Gasteiger partial charge in [-0.2, -0.15) is 0 Å². The van der Waals surface area contributed by atoms with E-state index in [0.717, 1.165) is 4.91 Å². The Hall–Kier alpha value is -0.520. The van der Waals surface area contributed by atoms with Crippen LogP contribution in [0.2, 0.25) is 0 Å². The van der Waals surface area contributed by atoms with E-state index in [0.29, 0.717) is 25.2 Å². The minimum atomic E-state index is 0.208. The summed E-state index contributed by atoms with van der Waals surface area (Å²) in [7, 11) is 1.59. The summed E-state index contributed by atoms with van der Waals surface area (Å²) < 4.78 is 9.93. The standard InChI is InChI=1S/C8H11NO3S/c1-11-5-12-4-6-3-9-7(10)2-8(9)13-6/h3,8H,2,4-5H2,1H3/t8-/m1/s1. The smallest absolute Gasteiger partial charge is 0.230 e. The molecular weight excluding hydrogens is 190 g/mol. The zero-order valence-corrected chi connectivity index (χ0v) is 8.17. The molecule has 2 aliphatic rings. The molecular formula is C8H11NO3S. The third-order valence-corrected chi connectivity index (χ3v) is 3.16. The normalized spacial score (nSPS) is 25.6. The third kappa shape index (κ3) is 1.72. The van der Waals surface area contributed by atoms with Gasteiger partial charge in [-0.1, -0.05) is 0 Å². The second kappa shape index (κ2) is 3.69. The molecule has 72 valence electrons. The summed E-state index contributed by atoms with van der Waals surface area (Å²) >= 11 is 1.70. The van der Waals surface area contributed by atoms with E-state index in [1.807, 2.05) is 6.20 Å². The Morgan fingerprint density at radius 3 is 3.23 bits per heavy atom. The van der Waals surface area contributed by atoms with Crippen LogP contribution in [0.15, 0.2) is 11.1 Å². The van der Waals surface area contributed by atoms with E-state index in [1.54, 1.807) is 23.8 Å². The van der Waals surface area contributed by atoms with Crippen LogP contribution < -0.4 is 0 Å². The van der Waals surface area contributed by atoms with E-state index in [4.69, 9.17) is 9.47 Å². The minimum Gasteiger partial charge on any atom is -0.359 e. The number of carbonyl (C=O) groups is 1. The molecule has 0 N–H and O–H groups in total. The second-order valence-electron chi connectivity index (χ2n) is 2.93. The zero-order chi connectivity index (χ0) is 9.26. The number of hydrogen-bond acceptors (Lipinski definition) is 4. The van der Waals surface area contributed by atoms with E-state index in [2.05, 4.69) is 0 Å². The van der Waals surface area contributed by atoms with Gasteiger partial charge in [-0.3, -0.25) is 4.79 Å². The van der Waals surface area contributed by atoms with E-state index in [-0.39, 0.29) is 5.91 Å². The first kappa shape index (κ1) is 9.05. The second-order valence-corrected chi connectivity index (χ2v) is 4.23. The molecule has 0 unspecified atom stereocenters. The van der Waals surface area contributed by atoms with Crippen LogP contribution in [0.3, 0.4) is 0 Å². The molecule has 1 amide bonds. The lowest BCUT2D eigenvalue weighted by Crippen LogP contribution is -2.44. The highest BCUT2D eigenvalue weighted by Crippen LogP contribution is 2.41. The van der Waals surface area contributed by atoms with Gasteiger partial charge in [0.05, 0.1) is 18.4 Å². The van der Waals surface area contributed by atoms with Crippen LogP contribution in [-0.4, -0.2) is 36.7 Å². The lowest BCUT2D eigenvalue weighted by atomic mass is 10.2. The summed E-state index contributed by atoms with van der Waals surface area (Å²) in [6.45, 7) is 0.843. The minimum absolute atomic E-state index is 0.208. The Labute approximate surface area is 80.9 Å². The van der Waals surface area contributed by atoms with Gasteiger partial charge in [0.2, 0.25) is 5.91 Å². The molecule has 4 nitrogen and oxygen atoms in total. The van der Waals surface area contributed by atoms with Crippen molar-refractivity contribution in [3.05, 3.63) is 11.1 Å². The summed E-state index contributed by atoms with van der Waals surface area (Å²) in [4.78, 5) is 13.9. The molecule has 0 aromatic rings. The molecule has 0 spiro atoms. The summed E-state index contributed by atoms with van der Waals surface area (Å²) in [6, 6.07) is 0. The summed E-state index contributed by atoms with van der Waals surface area (Å²) in [6.07, 6.45) is 2.53. The summed E-state index contributed by atoms with van der Waals surface area (Å²) in [5.41, 5.74) is 0. The van der Waals surface area contributed by atoms with Gasteiger partial charge in [-0.15, -0.1) is 11.8 Å². The molecule has 1 saturated heterocycles. The predicted molar refractivity (Wildman–Crippen MR) is 48.8 cm³/mol. The van der Waals surface area contributed by atoms with Gasteiger partial charge in [-0.05, 0) is 0 Å². The highest BCUT2D eigenvalue weighted by atomic mass is 32.2. The van der Waals surface area contributed by atoms with Crippen LogP contribution in [0.5, 0.6) is 0 Å². The summed E-state index contributed by atoms with van der Waals surface area (Å²) in [5.74, 6) is 0.208. The number of carbonyl (C=O) groups excluding carboxylic acids is 1. The first-order chi connectivity index (χ1) is 6.31. The van der Waals surface area contributed by atoms with Gasteiger partial charge in [0.1, 0.15) is 6.79 Å². The Kier molecular flexibility index (Phi) is 2.57. The fraction of sp³-hybridized carbons (Fsp3) is 0.625. The third-order valence-electron chi connectivity index (χ3n) is 1.96. The number of hydrogen-bond donors (Lipinski definition) is 0. The van der Waals surface area contributed by atoms with Crippen molar-refractivity contribution in [1.82, 2.24) is 4.90 Å². The fourth-order valence-corrected chi connectivity index (χ4v) is 2.51. The molecule has 0 aromatic heterocycles. The first-order valence-corrected chi connectivity index (χ1v) is 4.94. The average Bonchev–Trinajstić information content (AvgIpc) is 2.43. The Morgan fingerprint density at radius 1 is 1.77 bits per heavy atom. The molecule has 1 atom stereocenters. The van der Waals surface area contributed by atoms with Gasteiger partial charge in [-0.25, -0.2) is 0 Å². The number of β-lactam (4-membered cyclic amide) rings is 1. The van der Waals surface area contributed by atoms with E-state index >= 15 is 0 Å². The molecule has 0 radical (unpaired) electrons. The molecule has 0 saturated carbocycles. The number of nitrogens with zero attached hydrogens (tertiary/aromatic N) is 1. The van der Waals surface area contributed by atoms with Crippen LogP contribution in [0, 0.1) is 0 Å². The Bertz CT molecular complexity index is 254. The molecule has 13 heavy (non-hydrogen) atoms. The number of ether oxygens (including phenoxy) is 2. The van der Waals surface area contributed by atoms with Crippen molar-refractivity contribution in [2.45, 2.75) is 11.8 Å². The first-order valence-electron chi connectivity index (χ1n) is 4.06. The summed E-state index contributed by atoms with van der Waals surface area (Å²) in [5, 5.41) is 0.341. The highest BCUT2D eigenvalue weighted by Gasteiger charge is 2.40. The maximum Gasteiger partial charge on any atom is 0.230 e. The van der Waals surface area contributed by atoms with Crippen LogP contribution in [0.4, 0.5) is 0 Å². The molecule has 2 aliphatic heterocycles. The molecule has 1 fully saturated rings. The molecule has 0 aliphatic carbocycles. The van der Waals surface area contributed by atoms with E-state index < -0.39 is 0 Å². The monoisotopic (exact) mass is 201 g/mol. The zero-order valence-electron chi connectivity index (χ0n) is 7.36. The largest absolute Gasteiger partial charge is 0.359 e. The van der Waals surface area contributed by atoms with Crippen molar-refractivity contribution in [2.24, 2.45) is 0 Å². The lowest BCUT2D eigenvalue weighted by Gasteiger charge is -2.31. The SMILES string of the molecule is COCOCC1=CN2C(=O)C[C@H]2S1. The van der Waals surface area contributed by atoms with Crippen molar-refractivity contribution in [1.29, 1.82) is 0 Å². The Morgan fingerprint density at radius 2 is 2.62 bits per heavy atom. The van der Waals surface area contributed by atoms with Crippen molar-refractivity contribution in [3.63, 3.8) is 0 Å².